The number of hydrogen-bond acceptors (Lipinski definition) is 4. The quantitative estimate of drug-likeness (QED) is 0.411. The topological polar surface area (TPSA) is 55.2 Å². The van der Waals surface area contributed by atoms with Crippen molar-refractivity contribution in [1.29, 1.82) is 0 Å². The minimum atomic E-state index is -0.117. The summed E-state index contributed by atoms with van der Waals surface area (Å²) in [7, 11) is 1.82. The fraction of sp³-hybridized carbons (Fsp3) is 0.348. The van der Waals surface area contributed by atoms with Crippen LogP contribution in [0, 0.1) is 0 Å². The van der Waals surface area contributed by atoms with Crippen molar-refractivity contribution in [3.63, 3.8) is 0 Å². The summed E-state index contributed by atoms with van der Waals surface area (Å²) < 4.78 is 1.62. The summed E-state index contributed by atoms with van der Waals surface area (Å²) in [6.07, 6.45) is 2.96. The molecule has 29 heavy (non-hydrogen) atoms. The first-order valence-corrected chi connectivity index (χ1v) is 11.0. The lowest BCUT2D eigenvalue weighted by Crippen LogP contribution is -2.29. The maximum Gasteiger partial charge on any atom is 0.266 e. The van der Waals surface area contributed by atoms with Crippen LogP contribution in [0.1, 0.15) is 32.3 Å². The Morgan fingerprint density at radius 3 is 2.52 bits per heavy atom. The smallest absolute Gasteiger partial charge is 0.266 e. The van der Waals surface area contributed by atoms with Crippen LogP contribution < -0.4 is 5.56 Å². The molecular weight excluding hydrogens is 382 g/mol. The van der Waals surface area contributed by atoms with Gasteiger partial charge in [-0.15, -0.1) is 0 Å². The third-order valence-corrected chi connectivity index (χ3v) is 5.87. The molecular formula is C23H27N3O2S. The van der Waals surface area contributed by atoms with E-state index in [9.17, 15) is 9.59 Å². The van der Waals surface area contributed by atoms with Crippen molar-refractivity contribution >= 4 is 28.6 Å². The number of carbonyl (C=O) groups excluding carboxylic acids is 1. The zero-order valence-electron chi connectivity index (χ0n) is 17.2. The third-order valence-electron chi connectivity index (χ3n) is 4.95. The van der Waals surface area contributed by atoms with E-state index in [2.05, 4.69) is 13.8 Å². The van der Waals surface area contributed by atoms with Crippen molar-refractivity contribution in [3.05, 3.63) is 64.4 Å². The Kier molecular flexibility index (Phi) is 7.09. The minimum Gasteiger partial charge on any atom is -0.345 e. The summed E-state index contributed by atoms with van der Waals surface area (Å²) in [6, 6.07) is 15.3. The Morgan fingerprint density at radius 2 is 1.83 bits per heavy atom. The van der Waals surface area contributed by atoms with Crippen LogP contribution in [-0.2, 0) is 11.2 Å². The van der Waals surface area contributed by atoms with Gasteiger partial charge in [-0.25, -0.2) is 4.98 Å². The average Bonchev–Trinajstić information content (AvgIpc) is 2.76. The van der Waals surface area contributed by atoms with Gasteiger partial charge in [0.15, 0.2) is 5.16 Å². The minimum absolute atomic E-state index is 0.0405. The molecule has 0 spiro atoms. The van der Waals surface area contributed by atoms with E-state index >= 15 is 0 Å². The van der Waals surface area contributed by atoms with Crippen molar-refractivity contribution in [2.24, 2.45) is 0 Å². The first-order chi connectivity index (χ1) is 14.0. The lowest BCUT2D eigenvalue weighted by Gasteiger charge is -2.17. The van der Waals surface area contributed by atoms with Crippen LogP contribution in [0.3, 0.4) is 0 Å². The normalized spacial score (nSPS) is 11.0. The molecule has 1 aromatic heterocycles. The predicted octanol–water partition coefficient (Wildman–Crippen LogP) is 4.30. The molecule has 0 radical (unpaired) electrons. The molecule has 0 saturated heterocycles. The van der Waals surface area contributed by atoms with E-state index in [1.165, 1.54) is 17.3 Å². The fourth-order valence-corrected chi connectivity index (χ4v) is 4.03. The highest BCUT2D eigenvalue weighted by Crippen LogP contribution is 2.22. The second-order valence-corrected chi connectivity index (χ2v) is 7.97. The molecule has 1 heterocycles. The number of benzene rings is 2. The zero-order chi connectivity index (χ0) is 20.8. The largest absolute Gasteiger partial charge is 0.345 e. The van der Waals surface area contributed by atoms with E-state index in [1.54, 1.807) is 15.5 Å². The zero-order valence-corrected chi connectivity index (χ0v) is 18.0. The summed E-state index contributed by atoms with van der Waals surface area (Å²) in [5.74, 6) is 0.289. The SMILES string of the molecule is CCCCN(C)C(=O)CSc1nc2ccccc2c(=O)n1-c1ccc(CC)cc1. The Labute approximate surface area is 175 Å². The molecule has 0 aliphatic rings. The maximum absolute atomic E-state index is 13.2. The molecule has 0 aliphatic heterocycles. The van der Waals surface area contributed by atoms with E-state index in [1.807, 2.05) is 49.5 Å². The van der Waals surface area contributed by atoms with Gasteiger partial charge < -0.3 is 4.90 Å². The molecule has 5 nitrogen and oxygen atoms in total. The molecule has 3 aromatic rings. The maximum atomic E-state index is 13.2. The number of carbonyl (C=O) groups is 1. The molecule has 0 aliphatic carbocycles. The number of hydrogen-bond donors (Lipinski definition) is 0. The lowest BCUT2D eigenvalue weighted by molar-refractivity contribution is -0.127. The van der Waals surface area contributed by atoms with Gasteiger partial charge in [-0.1, -0.05) is 56.3 Å². The Balaban J connectivity index is 1.98. The average molecular weight is 410 g/mol. The molecule has 0 saturated carbocycles. The van der Waals surface area contributed by atoms with Gasteiger partial charge >= 0.3 is 0 Å². The molecule has 0 unspecified atom stereocenters. The van der Waals surface area contributed by atoms with Crippen molar-refractivity contribution in [3.8, 4) is 5.69 Å². The van der Waals surface area contributed by atoms with Gasteiger partial charge in [-0.2, -0.15) is 0 Å². The van der Waals surface area contributed by atoms with Gasteiger partial charge in [-0.3, -0.25) is 14.2 Å². The van der Waals surface area contributed by atoms with Crippen LogP contribution in [-0.4, -0.2) is 39.7 Å². The van der Waals surface area contributed by atoms with Crippen LogP contribution in [0.4, 0.5) is 0 Å². The van der Waals surface area contributed by atoms with Gasteiger partial charge in [0.2, 0.25) is 5.91 Å². The molecule has 0 atom stereocenters. The van der Waals surface area contributed by atoms with Gasteiger partial charge in [-0.05, 0) is 42.7 Å². The van der Waals surface area contributed by atoms with E-state index in [4.69, 9.17) is 4.98 Å². The van der Waals surface area contributed by atoms with Crippen LogP contribution in [0.5, 0.6) is 0 Å². The van der Waals surface area contributed by atoms with E-state index in [0.29, 0.717) is 16.1 Å². The van der Waals surface area contributed by atoms with E-state index < -0.39 is 0 Å². The standard InChI is InChI=1S/C23H27N3O2S/c1-4-6-15-25(3)21(27)16-29-23-24-20-10-8-7-9-19(20)22(28)26(23)18-13-11-17(5-2)12-14-18/h7-14H,4-6,15-16H2,1-3H3. The van der Waals surface area contributed by atoms with Crippen LogP contribution >= 0.6 is 11.8 Å². The van der Waals surface area contributed by atoms with Crippen molar-refractivity contribution in [2.75, 3.05) is 19.3 Å². The van der Waals surface area contributed by atoms with Crippen molar-refractivity contribution in [1.82, 2.24) is 14.5 Å². The van der Waals surface area contributed by atoms with Crippen molar-refractivity contribution < 1.29 is 4.79 Å². The van der Waals surface area contributed by atoms with Gasteiger partial charge in [0.25, 0.3) is 5.56 Å². The molecule has 1 amide bonds. The molecule has 6 heteroatoms. The predicted molar refractivity (Wildman–Crippen MR) is 120 cm³/mol. The van der Waals surface area contributed by atoms with Crippen molar-refractivity contribution in [2.45, 2.75) is 38.3 Å². The number of aryl methyl sites for hydroxylation is 1. The summed E-state index contributed by atoms with van der Waals surface area (Å²) in [6.45, 7) is 4.95. The first-order valence-electron chi connectivity index (χ1n) is 10.0. The highest BCUT2D eigenvalue weighted by molar-refractivity contribution is 7.99. The van der Waals surface area contributed by atoms with E-state index in [-0.39, 0.29) is 17.2 Å². The van der Waals surface area contributed by atoms with Gasteiger partial charge in [0.1, 0.15) is 0 Å². The third kappa shape index (κ3) is 4.88. The second kappa shape index (κ2) is 9.74. The molecule has 0 N–H and O–H groups in total. The highest BCUT2D eigenvalue weighted by Gasteiger charge is 2.16. The Hall–Kier alpha value is -2.60. The monoisotopic (exact) mass is 409 g/mol. The summed E-state index contributed by atoms with van der Waals surface area (Å²) in [5, 5.41) is 1.11. The van der Waals surface area contributed by atoms with E-state index in [0.717, 1.165) is 31.5 Å². The molecule has 0 bridgehead atoms. The summed E-state index contributed by atoms with van der Waals surface area (Å²) in [4.78, 5) is 32.2. The van der Waals surface area contributed by atoms with Crippen LogP contribution in [0.15, 0.2) is 58.5 Å². The number of rotatable bonds is 8. The van der Waals surface area contributed by atoms with Gasteiger partial charge in [0, 0.05) is 13.6 Å². The number of nitrogens with zero attached hydrogens (tertiary/aromatic N) is 3. The number of unbranched alkanes of at least 4 members (excludes halogenated alkanes) is 1. The number of aromatic nitrogens is 2. The molecule has 3 rings (SSSR count). The number of thioether (sulfide) groups is 1. The number of fused-ring (bicyclic) bond motifs is 1. The second-order valence-electron chi connectivity index (χ2n) is 7.03. The highest BCUT2D eigenvalue weighted by atomic mass is 32.2. The number of amides is 1. The molecule has 2 aromatic carbocycles. The fourth-order valence-electron chi connectivity index (χ4n) is 3.07. The Morgan fingerprint density at radius 1 is 1.10 bits per heavy atom. The molecule has 0 fully saturated rings. The summed E-state index contributed by atoms with van der Waals surface area (Å²) in [5.41, 5.74) is 2.50. The summed E-state index contributed by atoms with van der Waals surface area (Å²) >= 11 is 1.31. The van der Waals surface area contributed by atoms with Crippen LogP contribution in [0.2, 0.25) is 0 Å². The molecule has 152 valence electrons. The number of para-hydroxylation sites is 1. The van der Waals surface area contributed by atoms with Gasteiger partial charge in [0.05, 0.1) is 22.3 Å². The first kappa shape index (κ1) is 21.1. The van der Waals surface area contributed by atoms with Crippen LogP contribution in [0.25, 0.3) is 16.6 Å². The lowest BCUT2D eigenvalue weighted by atomic mass is 10.1. The Bertz CT molecular complexity index is 1040.